The van der Waals surface area contributed by atoms with Crippen molar-refractivity contribution in [3.8, 4) is 11.8 Å². The average molecular weight is 394 g/mol. The quantitative estimate of drug-likeness (QED) is 0.486. The van der Waals surface area contributed by atoms with Crippen molar-refractivity contribution in [3.05, 3.63) is 46.0 Å². The lowest BCUT2D eigenvalue weighted by atomic mass is 10.2. The molecule has 2 amide bonds. The molecule has 7 heteroatoms. The molecule has 1 heterocycles. The van der Waals surface area contributed by atoms with E-state index in [-0.39, 0.29) is 12.1 Å². The summed E-state index contributed by atoms with van der Waals surface area (Å²) in [6.07, 6.45) is 0.770. The lowest BCUT2D eigenvalue weighted by molar-refractivity contribution is -0.105. The first-order valence-electron chi connectivity index (χ1n) is 8.26. The highest BCUT2D eigenvalue weighted by molar-refractivity contribution is 6.35. The Morgan fingerprint density at radius 3 is 2.65 bits per heavy atom. The third-order valence-electron chi connectivity index (χ3n) is 3.95. The number of urea groups is 1. The first-order valence-corrected chi connectivity index (χ1v) is 9.02. The molecule has 1 unspecified atom stereocenters. The Labute approximate surface area is 163 Å². The lowest BCUT2D eigenvalue weighted by Gasteiger charge is -2.34. The van der Waals surface area contributed by atoms with Gasteiger partial charge in [-0.2, -0.15) is 0 Å². The smallest absolute Gasteiger partial charge is 0.318 e. The third-order valence-corrected chi connectivity index (χ3v) is 4.50. The van der Waals surface area contributed by atoms with Gasteiger partial charge in [-0.05, 0) is 30.7 Å². The summed E-state index contributed by atoms with van der Waals surface area (Å²) in [5.74, 6) is 5.93. The van der Waals surface area contributed by atoms with E-state index in [9.17, 15) is 9.59 Å². The van der Waals surface area contributed by atoms with E-state index in [1.54, 1.807) is 23.1 Å². The molecule has 0 aliphatic carbocycles. The summed E-state index contributed by atoms with van der Waals surface area (Å²) in [7, 11) is 0. The minimum absolute atomic E-state index is 0.150. The molecule has 5 nitrogen and oxygen atoms in total. The number of benzene rings is 1. The van der Waals surface area contributed by atoms with Gasteiger partial charge < -0.3 is 10.2 Å². The van der Waals surface area contributed by atoms with Crippen LogP contribution in [0.1, 0.15) is 12.5 Å². The van der Waals surface area contributed by atoms with E-state index in [1.807, 2.05) is 6.92 Å². The maximum atomic E-state index is 12.3. The summed E-state index contributed by atoms with van der Waals surface area (Å²) in [4.78, 5) is 26.8. The Balaban J connectivity index is 1.84. The van der Waals surface area contributed by atoms with Crippen LogP contribution in [0.25, 0.3) is 0 Å². The summed E-state index contributed by atoms with van der Waals surface area (Å²) < 4.78 is 0. The molecule has 138 valence electrons. The number of hydrogen-bond donors (Lipinski definition) is 1. The molecule has 1 fully saturated rings. The largest absolute Gasteiger partial charge is 0.325 e. The van der Waals surface area contributed by atoms with Crippen LogP contribution in [0.4, 0.5) is 4.79 Å². The van der Waals surface area contributed by atoms with Gasteiger partial charge in [-0.15, -0.1) is 0 Å². The fourth-order valence-corrected chi connectivity index (χ4v) is 2.98. The molecule has 1 aliphatic rings. The predicted molar refractivity (Wildman–Crippen MR) is 105 cm³/mol. The first-order chi connectivity index (χ1) is 12.4. The van der Waals surface area contributed by atoms with Crippen molar-refractivity contribution >= 4 is 35.5 Å². The normalized spacial score (nSPS) is 15.6. The van der Waals surface area contributed by atoms with Gasteiger partial charge in [-0.25, -0.2) is 4.79 Å². The molecule has 1 saturated heterocycles. The molecule has 1 atom stereocenters. The van der Waals surface area contributed by atoms with E-state index in [2.05, 4.69) is 28.6 Å². The van der Waals surface area contributed by atoms with Crippen molar-refractivity contribution in [1.29, 1.82) is 0 Å². The van der Waals surface area contributed by atoms with Gasteiger partial charge in [0.2, 0.25) is 0 Å². The minimum atomic E-state index is -0.317. The van der Waals surface area contributed by atoms with E-state index in [4.69, 9.17) is 23.2 Å². The van der Waals surface area contributed by atoms with Crippen molar-refractivity contribution in [1.82, 2.24) is 15.1 Å². The van der Waals surface area contributed by atoms with Crippen LogP contribution in [0.5, 0.6) is 0 Å². The maximum Gasteiger partial charge on any atom is 0.318 e. The molecule has 0 saturated carbocycles. The summed E-state index contributed by atoms with van der Waals surface area (Å²) in [6.45, 7) is 8.66. The van der Waals surface area contributed by atoms with Crippen LogP contribution in [0.15, 0.2) is 30.4 Å². The fourth-order valence-electron chi connectivity index (χ4n) is 2.52. The molecule has 0 aromatic heterocycles. The van der Waals surface area contributed by atoms with E-state index in [0.717, 1.165) is 6.29 Å². The Hall–Kier alpha value is -2.00. The number of nitrogens with zero attached hydrogens (tertiary/aromatic N) is 2. The zero-order valence-electron chi connectivity index (χ0n) is 14.6. The molecule has 1 aromatic rings. The Kier molecular flexibility index (Phi) is 7.52. The van der Waals surface area contributed by atoms with Gasteiger partial charge in [-0.1, -0.05) is 41.6 Å². The Morgan fingerprint density at radius 1 is 1.35 bits per heavy atom. The van der Waals surface area contributed by atoms with E-state index < -0.39 is 0 Å². The number of amides is 2. The number of nitrogens with one attached hydrogen (secondary N) is 1. The zero-order chi connectivity index (χ0) is 19.1. The fraction of sp³-hybridized carbons (Fsp3) is 0.368. The molecule has 0 spiro atoms. The van der Waals surface area contributed by atoms with Gasteiger partial charge >= 0.3 is 6.03 Å². The van der Waals surface area contributed by atoms with Crippen LogP contribution in [-0.2, 0) is 4.79 Å². The van der Waals surface area contributed by atoms with Gasteiger partial charge in [0.25, 0.3) is 0 Å². The van der Waals surface area contributed by atoms with Crippen molar-refractivity contribution in [2.75, 3.05) is 32.7 Å². The SMILES string of the molecule is C=C(C=O)CN1CCN(C(=O)NC(C)C#Cc2ccc(Cl)cc2Cl)CC1. The third kappa shape index (κ3) is 6.06. The summed E-state index contributed by atoms with van der Waals surface area (Å²) in [6, 6.07) is 4.64. The molecule has 2 rings (SSSR count). The molecule has 26 heavy (non-hydrogen) atoms. The van der Waals surface area contributed by atoms with Gasteiger partial charge in [0.15, 0.2) is 0 Å². The second-order valence-electron chi connectivity index (χ2n) is 6.10. The second kappa shape index (κ2) is 9.63. The van der Waals surface area contributed by atoms with Crippen LogP contribution < -0.4 is 5.32 Å². The highest BCUT2D eigenvalue weighted by Crippen LogP contribution is 2.19. The molecule has 1 aromatic carbocycles. The monoisotopic (exact) mass is 393 g/mol. The molecule has 0 radical (unpaired) electrons. The minimum Gasteiger partial charge on any atom is -0.325 e. The lowest BCUT2D eigenvalue weighted by Crippen LogP contribution is -2.53. The Morgan fingerprint density at radius 2 is 2.04 bits per heavy atom. The van der Waals surface area contributed by atoms with Crippen LogP contribution in [0.2, 0.25) is 10.0 Å². The highest BCUT2D eigenvalue weighted by Gasteiger charge is 2.21. The van der Waals surface area contributed by atoms with Gasteiger partial charge in [0.1, 0.15) is 6.29 Å². The summed E-state index contributed by atoms with van der Waals surface area (Å²) >= 11 is 11.9. The Bertz CT molecular complexity index is 747. The first kappa shape index (κ1) is 20.3. The van der Waals surface area contributed by atoms with Gasteiger partial charge in [0, 0.05) is 43.3 Å². The average Bonchev–Trinajstić information content (AvgIpc) is 2.61. The van der Waals surface area contributed by atoms with Crippen LogP contribution in [0, 0.1) is 11.8 Å². The number of aldehydes is 1. The second-order valence-corrected chi connectivity index (χ2v) is 6.95. The predicted octanol–water partition coefficient (Wildman–Crippen LogP) is 2.82. The number of carbonyl (C=O) groups excluding carboxylic acids is 2. The van der Waals surface area contributed by atoms with Crippen LogP contribution in [-0.4, -0.2) is 60.9 Å². The van der Waals surface area contributed by atoms with E-state index >= 15 is 0 Å². The molecule has 0 bridgehead atoms. The summed E-state index contributed by atoms with van der Waals surface area (Å²) in [5, 5.41) is 3.91. The van der Waals surface area contributed by atoms with Crippen molar-refractivity contribution in [2.24, 2.45) is 0 Å². The number of halogens is 2. The summed E-state index contributed by atoms with van der Waals surface area (Å²) in [5.41, 5.74) is 1.22. The molecule has 1 N–H and O–H groups in total. The molecular weight excluding hydrogens is 373 g/mol. The van der Waals surface area contributed by atoms with Crippen molar-refractivity contribution in [2.45, 2.75) is 13.0 Å². The van der Waals surface area contributed by atoms with Crippen molar-refractivity contribution in [3.63, 3.8) is 0 Å². The standard InChI is InChI=1S/C19H21Cl2N3O2/c1-14(13-25)12-23-7-9-24(10-8-23)19(26)22-15(2)3-4-16-5-6-17(20)11-18(16)21/h5-6,11,13,15H,1,7-10,12H2,2H3,(H,22,26). The highest BCUT2D eigenvalue weighted by atomic mass is 35.5. The number of carbonyl (C=O) groups is 2. The van der Waals surface area contributed by atoms with Crippen LogP contribution >= 0.6 is 23.2 Å². The van der Waals surface area contributed by atoms with Gasteiger partial charge in [-0.3, -0.25) is 9.69 Å². The topological polar surface area (TPSA) is 52.7 Å². The molecule has 1 aliphatic heterocycles. The number of rotatable bonds is 4. The van der Waals surface area contributed by atoms with Gasteiger partial charge in [0.05, 0.1) is 11.1 Å². The van der Waals surface area contributed by atoms with Crippen LogP contribution in [0.3, 0.4) is 0 Å². The number of hydrogen-bond acceptors (Lipinski definition) is 3. The zero-order valence-corrected chi connectivity index (χ0v) is 16.1. The maximum absolute atomic E-state index is 12.3. The van der Waals surface area contributed by atoms with E-state index in [0.29, 0.717) is 53.9 Å². The van der Waals surface area contributed by atoms with E-state index in [1.165, 1.54) is 0 Å². The van der Waals surface area contributed by atoms with Crippen molar-refractivity contribution < 1.29 is 9.59 Å². The number of piperazine rings is 1. The molecular formula is C19H21Cl2N3O2.